The van der Waals surface area contributed by atoms with Crippen LogP contribution in [0.4, 0.5) is 17.2 Å². The van der Waals surface area contributed by atoms with Crippen LogP contribution in [-0.4, -0.2) is 55.9 Å². The quantitative estimate of drug-likeness (QED) is 0.394. The highest BCUT2D eigenvalue weighted by atomic mass is 16.6. The number of rotatable bonds is 3. The van der Waals surface area contributed by atoms with Crippen molar-refractivity contribution in [3.8, 4) is 0 Å². The van der Waals surface area contributed by atoms with Gasteiger partial charge in [-0.2, -0.15) is 4.52 Å². The molecule has 3 aromatic heterocycles. The molecule has 1 aliphatic heterocycles. The zero-order chi connectivity index (χ0) is 19.1. The van der Waals surface area contributed by atoms with Gasteiger partial charge in [0.1, 0.15) is 17.7 Å². The second kappa shape index (κ2) is 6.41. The largest absolute Gasteiger partial charge is 0.366 e. The van der Waals surface area contributed by atoms with E-state index in [9.17, 15) is 10.1 Å². The third-order valence-corrected chi connectivity index (χ3v) is 5.01. The van der Waals surface area contributed by atoms with E-state index in [1.54, 1.807) is 41.3 Å². The lowest BCUT2D eigenvalue weighted by Gasteiger charge is -2.36. The highest BCUT2D eigenvalue weighted by Gasteiger charge is 2.23. The Balaban J connectivity index is 1.41. The Kier molecular flexibility index (Phi) is 3.75. The fourth-order valence-corrected chi connectivity index (χ4v) is 3.62. The normalized spacial score (nSPS) is 14.7. The van der Waals surface area contributed by atoms with E-state index in [1.165, 1.54) is 0 Å². The fraction of sp³-hybridized carbons (Fsp3) is 0.222. The number of nitro groups is 1. The van der Waals surface area contributed by atoms with Crippen molar-refractivity contribution in [3.05, 3.63) is 59.0 Å². The van der Waals surface area contributed by atoms with Gasteiger partial charge in [-0.1, -0.05) is 0 Å². The molecule has 1 saturated heterocycles. The number of hydrogen-bond acceptors (Lipinski definition) is 8. The number of aromatic nitrogens is 5. The van der Waals surface area contributed by atoms with Gasteiger partial charge in [0, 0.05) is 38.4 Å². The van der Waals surface area contributed by atoms with Crippen molar-refractivity contribution in [1.82, 2.24) is 24.8 Å². The number of benzene rings is 1. The van der Waals surface area contributed by atoms with Crippen molar-refractivity contribution in [1.29, 1.82) is 0 Å². The number of non-ortho nitro benzene ring substituents is 1. The maximum absolute atomic E-state index is 11.3. The van der Waals surface area contributed by atoms with Gasteiger partial charge in [0.15, 0.2) is 5.65 Å². The van der Waals surface area contributed by atoms with E-state index in [-0.39, 0.29) is 10.6 Å². The van der Waals surface area contributed by atoms with E-state index >= 15 is 0 Å². The third kappa shape index (κ3) is 2.66. The van der Waals surface area contributed by atoms with E-state index in [4.69, 9.17) is 0 Å². The Morgan fingerprint density at radius 1 is 1.00 bits per heavy atom. The molecular formula is C18H16N8O2. The van der Waals surface area contributed by atoms with E-state index < -0.39 is 0 Å². The molecule has 0 aliphatic carbocycles. The van der Waals surface area contributed by atoms with E-state index in [0.717, 1.165) is 37.7 Å². The SMILES string of the molecule is O=[N+]([O-])c1ccc(N2CCN(c3ccc4nncn4n3)CC2)c2ncccc12. The van der Waals surface area contributed by atoms with E-state index in [1.807, 2.05) is 12.1 Å². The maximum atomic E-state index is 11.3. The first-order chi connectivity index (χ1) is 13.7. The van der Waals surface area contributed by atoms with Gasteiger partial charge in [0.25, 0.3) is 5.69 Å². The van der Waals surface area contributed by atoms with Gasteiger partial charge in [-0.25, -0.2) is 0 Å². The monoisotopic (exact) mass is 376 g/mol. The summed E-state index contributed by atoms with van der Waals surface area (Å²) in [4.78, 5) is 19.8. The average Bonchev–Trinajstić information content (AvgIpc) is 3.21. The molecule has 1 aliphatic rings. The van der Waals surface area contributed by atoms with Crippen molar-refractivity contribution in [3.63, 3.8) is 0 Å². The molecule has 0 unspecified atom stereocenters. The molecule has 0 atom stereocenters. The van der Waals surface area contributed by atoms with E-state index in [0.29, 0.717) is 16.6 Å². The van der Waals surface area contributed by atoms with Gasteiger partial charge >= 0.3 is 0 Å². The predicted octanol–water partition coefficient (Wildman–Crippen LogP) is 1.91. The summed E-state index contributed by atoms with van der Waals surface area (Å²) in [6.07, 6.45) is 3.26. The van der Waals surface area contributed by atoms with Gasteiger partial charge < -0.3 is 9.80 Å². The highest BCUT2D eigenvalue weighted by Crippen LogP contribution is 2.32. The molecule has 4 heterocycles. The molecule has 0 radical (unpaired) electrons. The number of anilines is 2. The summed E-state index contributed by atoms with van der Waals surface area (Å²) < 4.78 is 1.66. The van der Waals surface area contributed by atoms with Crippen LogP contribution in [0.1, 0.15) is 0 Å². The summed E-state index contributed by atoms with van der Waals surface area (Å²) in [5.74, 6) is 0.874. The van der Waals surface area contributed by atoms with Crippen LogP contribution in [0, 0.1) is 10.1 Å². The summed E-state index contributed by atoms with van der Waals surface area (Å²) in [7, 11) is 0. The van der Waals surface area contributed by atoms with Crippen LogP contribution in [0.2, 0.25) is 0 Å². The molecular weight excluding hydrogens is 360 g/mol. The number of nitrogens with zero attached hydrogens (tertiary/aromatic N) is 8. The van der Waals surface area contributed by atoms with Crippen LogP contribution in [-0.2, 0) is 0 Å². The van der Waals surface area contributed by atoms with Crippen LogP contribution < -0.4 is 9.80 Å². The Morgan fingerprint density at radius 3 is 2.64 bits per heavy atom. The van der Waals surface area contributed by atoms with Crippen molar-refractivity contribution < 1.29 is 4.92 Å². The summed E-state index contributed by atoms with van der Waals surface area (Å²) in [6.45, 7) is 3.11. The van der Waals surface area contributed by atoms with E-state index in [2.05, 4.69) is 30.1 Å². The lowest BCUT2D eigenvalue weighted by Crippen LogP contribution is -2.47. The number of nitro benzene ring substituents is 1. The zero-order valence-corrected chi connectivity index (χ0v) is 14.8. The highest BCUT2D eigenvalue weighted by molar-refractivity contribution is 5.97. The van der Waals surface area contributed by atoms with Crippen LogP contribution in [0.15, 0.2) is 48.9 Å². The average molecular weight is 376 g/mol. The molecule has 140 valence electrons. The van der Waals surface area contributed by atoms with Crippen molar-refractivity contribution in [2.75, 3.05) is 36.0 Å². The molecule has 4 aromatic rings. The standard InChI is InChI=1S/C18H16N8O2/c27-26(28)14-3-4-15(18-13(14)2-1-7-19-18)23-8-10-24(11-9-23)17-6-5-16-21-20-12-25(16)22-17/h1-7,12H,8-11H2. The van der Waals surface area contributed by atoms with Gasteiger partial charge in [0.05, 0.1) is 16.0 Å². The zero-order valence-electron chi connectivity index (χ0n) is 14.8. The lowest BCUT2D eigenvalue weighted by molar-refractivity contribution is -0.383. The number of pyridine rings is 1. The molecule has 0 saturated carbocycles. The number of hydrogen-bond donors (Lipinski definition) is 0. The number of fused-ring (bicyclic) bond motifs is 2. The van der Waals surface area contributed by atoms with Gasteiger partial charge in [-0.3, -0.25) is 15.1 Å². The predicted molar refractivity (Wildman–Crippen MR) is 104 cm³/mol. The van der Waals surface area contributed by atoms with Gasteiger partial charge in [0.2, 0.25) is 0 Å². The Labute approximate surface area is 159 Å². The number of piperazine rings is 1. The summed E-state index contributed by atoms with van der Waals surface area (Å²) in [6, 6.07) is 10.7. The third-order valence-electron chi connectivity index (χ3n) is 5.01. The molecule has 1 fully saturated rings. The second-order valence-corrected chi connectivity index (χ2v) is 6.56. The van der Waals surface area contributed by atoms with Gasteiger partial charge in [-0.15, -0.1) is 15.3 Å². The first kappa shape index (κ1) is 16.4. The van der Waals surface area contributed by atoms with Gasteiger partial charge in [-0.05, 0) is 30.3 Å². The molecule has 10 nitrogen and oxygen atoms in total. The fourth-order valence-electron chi connectivity index (χ4n) is 3.62. The summed E-state index contributed by atoms with van der Waals surface area (Å²) in [5.41, 5.74) is 2.37. The van der Waals surface area contributed by atoms with Crippen LogP contribution >= 0.6 is 0 Å². The minimum Gasteiger partial charge on any atom is -0.366 e. The van der Waals surface area contributed by atoms with Crippen LogP contribution in [0.5, 0.6) is 0 Å². The molecule has 1 aromatic carbocycles. The second-order valence-electron chi connectivity index (χ2n) is 6.56. The molecule has 5 rings (SSSR count). The first-order valence-corrected chi connectivity index (χ1v) is 8.90. The minimum absolute atomic E-state index is 0.0805. The summed E-state index contributed by atoms with van der Waals surface area (Å²) in [5, 5.41) is 24.3. The maximum Gasteiger partial charge on any atom is 0.278 e. The minimum atomic E-state index is -0.363. The molecule has 10 heteroatoms. The van der Waals surface area contributed by atoms with Crippen molar-refractivity contribution >= 4 is 33.7 Å². The summed E-state index contributed by atoms with van der Waals surface area (Å²) >= 11 is 0. The smallest absolute Gasteiger partial charge is 0.278 e. The topological polar surface area (TPSA) is 106 Å². The van der Waals surface area contributed by atoms with Crippen molar-refractivity contribution in [2.45, 2.75) is 0 Å². The molecule has 28 heavy (non-hydrogen) atoms. The Bertz CT molecular complexity index is 1180. The first-order valence-electron chi connectivity index (χ1n) is 8.90. The molecule has 0 amide bonds. The molecule has 0 spiro atoms. The Hall–Kier alpha value is -3.82. The molecule has 0 bridgehead atoms. The molecule has 0 N–H and O–H groups in total. The lowest BCUT2D eigenvalue weighted by atomic mass is 10.1. The van der Waals surface area contributed by atoms with Crippen LogP contribution in [0.25, 0.3) is 16.6 Å². The van der Waals surface area contributed by atoms with Crippen LogP contribution in [0.3, 0.4) is 0 Å². The Morgan fingerprint density at radius 2 is 1.82 bits per heavy atom. The van der Waals surface area contributed by atoms with Crippen molar-refractivity contribution in [2.24, 2.45) is 0 Å².